The third-order valence-corrected chi connectivity index (χ3v) is 2.38. The van der Waals surface area contributed by atoms with Crippen molar-refractivity contribution in [2.24, 2.45) is 0 Å². The van der Waals surface area contributed by atoms with Crippen molar-refractivity contribution >= 4 is 30.3 Å². The number of carbonyl (C=O) groups is 1. The van der Waals surface area contributed by atoms with E-state index in [4.69, 9.17) is 11.8 Å². The summed E-state index contributed by atoms with van der Waals surface area (Å²) >= 11 is 4.72. The van der Waals surface area contributed by atoms with E-state index in [0.717, 1.165) is 5.69 Å². The predicted molar refractivity (Wildman–Crippen MR) is 64.0 cm³/mol. The van der Waals surface area contributed by atoms with Crippen molar-refractivity contribution in [2.45, 2.75) is 6.04 Å². The van der Waals surface area contributed by atoms with Crippen LogP contribution in [0.4, 0.5) is 5.69 Å². The monoisotopic (exact) mass is 239 g/mol. The third-order valence-electron chi connectivity index (χ3n) is 1.70. The first-order valence-corrected chi connectivity index (χ1v) is 6.16. The molecule has 1 aromatic carbocycles. The molecule has 15 heavy (non-hydrogen) atoms. The van der Waals surface area contributed by atoms with E-state index in [2.05, 4.69) is 15.7 Å². The fraction of sp³-hybridized carbons (Fsp3) is 0.200. The molecule has 0 spiro atoms. The fourth-order valence-corrected chi connectivity index (χ4v) is 1.61. The van der Waals surface area contributed by atoms with Crippen LogP contribution in [-0.2, 0) is 21.3 Å². The summed E-state index contributed by atoms with van der Waals surface area (Å²) in [5.41, 5.74) is 3.62. The Bertz CT molecular complexity index is 429. The summed E-state index contributed by atoms with van der Waals surface area (Å²) in [6, 6.07) is 8.76. The average Bonchev–Trinajstić information content (AvgIpc) is 2.29. The Morgan fingerprint density at radius 3 is 2.73 bits per heavy atom. The summed E-state index contributed by atoms with van der Waals surface area (Å²) in [5.74, 6) is -0.392. The molecule has 0 aliphatic heterocycles. The molecular formula is C10H10NO2PS. The van der Waals surface area contributed by atoms with Gasteiger partial charge in [0.15, 0.2) is 0 Å². The van der Waals surface area contributed by atoms with Crippen molar-refractivity contribution in [1.82, 2.24) is 0 Å². The first-order valence-electron chi connectivity index (χ1n) is 4.25. The Morgan fingerprint density at radius 2 is 2.20 bits per heavy atom. The van der Waals surface area contributed by atoms with Gasteiger partial charge in [-0.2, -0.15) is 0 Å². The Balaban J connectivity index is 2.79. The van der Waals surface area contributed by atoms with Crippen molar-refractivity contribution in [3.8, 4) is 5.63 Å². The molecule has 0 saturated carbocycles. The number of hydrogen-bond acceptors (Lipinski definition) is 4. The van der Waals surface area contributed by atoms with Crippen LogP contribution in [0.5, 0.6) is 0 Å². The second kappa shape index (κ2) is 6.41. The summed E-state index contributed by atoms with van der Waals surface area (Å²) in [6.45, 7) is 0.499. The van der Waals surface area contributed by atoms with Gasteiger partial charge in [0.1, 0.15) is 0 Å². The molecular weight excluding hydrogens is 229 g/mol. The van der Waals surface area contributed by atoms with Crippen LogP contribution >= 0.6 is 6.81 Å². The van der Waals surface area contributed by atoms with E-state index in [1.54, 1.807) is 0 Å². The average molecular weight is 239 g/mol. The van der Waals surface area contributed by atoms with Gasteiger partial charge in [-0.25, -0.2) is 0 Å². The van der Waals surface area contributed by atoms with Crippen molar-refractivity contribution in [1.29, 1.82) is 0 Å². The van der Waals surface area contributed by atoms with Gasteiger partial charge < -0.3 is 0 Å². The zero-order valence-electron chi connectivity index (χ0n) is 8.14. The Hall–Kier alpha value is -1.08. The molecule has 0 aromatic heterocycles. The fourth-order valence-electron chi connectivity index (χ4n) is 1.02. The van der Waals surface area contributed by atoms with Gasteiger partial charge in [-0.3, -0.25) is 0 Å². The van der Waals surface area contributed by atoms with Crippen molar-refractivity contribution in [3.05, 3.63) is 30.3 Å². The third kappa shape index (κ3) is 3.88. The number of ether oxygens (including phenoxy) is 1. The molecule has 1 N–H and O–H groups in total. The number of rotatable bonds is 3. The van der Waals surface area contributed by atoms with Crippen LogP contribution < -0.4 is 5.32 Å². The summed E-state index contributed by atoms with van der Waals surface area (Å²) in [4.78, 5) is 11.3. The molecule has 0 fully saturated rings. The van der Waals surface area contributed by atoms with E-state index in [-0.39, 0.29) is 0 Å². The Morgan fingerprint density at radius 1 is 1.53 bits per heavy atom. The van der Waals surface area contributed by atoms with E-state index in [0.29, 0.717) is 6.81 Å². The van der Waals surface area contributed by atoms with E-state index in [1.807, 2.05) is 30.3 Å². The molecule has 0 heterocycles. The number of carbonyl (C=O) groups excluding carboxylic acids is 1. The van der Waals surface area contributed by atoms with Crippen LogP contribution in [0.25, 0.3) is 0 Å². The second-order valence-electron chi connectivity index (χ2n) is 2.69. The van der Waals surface area contributed by atoms with Crippen LogP contribution in [0, 0.1) is 5.63 Å². The molecule has 1 atom stereocenters. The second-order valence-corrected chi connectivity index (χ2v) is 3.68. The van der Waals surface area contributed by atoms with Crippen LogP contribution in [0.15, 0.2) is 30.3 Å². The summed E-state index contributed by atoms with van der Waals surface area (Å²) in [6.07, 6.45) is 0. The van der Waals surface area contributed by atoms with Crippen LogP contribution in [0.1, 0.15) is 0 Å². The van der Waals surface area contributed by atoms with Gasteiger partial charge >= 0.3 is 94.2 Å². The molecule has 0 bridgehead atoms. The first kappa shape index (κ1) is 12.0. The molecule has 0 saturated heterocycles. The van der Waals surface area contributed by atoms with Gasteiger partial charge in [0, 0.05) is 0 Å². The van der Waals surface area contributed by atoms with Crippen LogP contribution in [0.2, 0.25) is 0 Å². The number of benzene rings is 1. The summed E-state index contributed by atoms with van der Waals surface area (Å²) < 4.78 is 4.62. The van der Waals surface area contributed by atoms with Gasteiger partial charge in [-0.15, -0.1) is 0 Å². The standard InChI is InChI=1S/C10H10NO2PS/c1-13-10(12)9(7-14-15)11-8-5-3-2-4-6-8/h2-6,9,11H,1H3/t9-/m0/s1. The minimum absolute atomic E-state index is 0.392. The van der Waals surface area contributed by atoms with Crippen molar-refractivity contribution in [3.63, 3.8) is 0 Å². The Kier molecular flexibility index (Phi) is 5.13. The molecule has 0 radical (unpaired) electrons. The molecule has 5 heteroatoms. The minimum atomic E-state index is -0.614. The molecule has 0 aliphatic carbocycles. The van der Waals surface area contributed by atoms with Gasteiger partial charge in [-0.1, -0.05) is 0 Å². The van der Waals surface area contributed by atoms with Crippen molar-refractivity contribution in [2.75, 3.05) is 12.4 Å². The summed E-state index contributed by atoms with van der Waals surface area (Å²) in [7, 11) is 1.34. The molecule has 78 valence electrons. The number of nitrogens with one attached hydrogen (secondary N) is 1. The van der Waals surface area contributed by atoms with Gasteiger partial charge in [0.25, 0.3) is 0 Å². The molecule has 1 rings (SSSR count). The molecule has 1 aromatic rings. The normalized spacial score (nSPS) is 11.0. The SMILES string of the molecule is COC(=O)[C@H](C#P=S)Nc1ccccc1. The number of anilines is 1. The molecule has 3 nitrogen and oxygen atoms in total. The molecule has 0 unspecified atom stereocenters. The summed E-state index contributed by atoms with van der Waals surface area (Å²) in [5, 5.41) is 2.97. The zero-order chi connectivity index (χ0) is 11.1. The number of para-hydroxylation sites is 1. The first-order chi connectivity index (χ1) is 7.27. The molecule has 0 amide bonds. The maximum atomic E-state index is 11.3. The van der Waals surface area contributed by atoms with Crippen LogP contribution in [-0.4, -0.2) is 19.1 Å². The number of methoxy groups -OCH3 is 1. The Labute approximate surface area is 94.6 Å². The van der Waals surface area contributed by atoms with E-state index in [1.165, 1.54) is 7.11 Å². The molecule has 0 aliphatic rings. The van der Waals surface area contributed by atoms with Crippen LogP contribution in [0.3, 0.4) is 0 Å². The zero-order valence-corrected chi connectivity index (χ0v) is 9.85. The quantitative estimate of drug-likeness (QED) is 0.647. The van der Waals surface area contributed by atoms with E-state index >= 15 is 0 Å². The number of esters is 1. The van der Waals surface area contributed by atoms with Gasteiger partial charge in [-0.05, 0) is 0 Å². The predicted octanol–water partition coefficient (Wildman–Crippen LogP) is 2.01. The van der Waals surface area contributed by atoms with Gasteiger partial charge in [0.05, 0.1) is 0 Å². The van der Waals surface area contributed by atoms with E-state index < -0.39 is 12.0 Å². The van der Waals surface area contributed by atoms with Crippen molar-refractivity contribution < 1.29 is 9.53 Å². The topological polar surface area (TPSA) is 38.3 Å². The van der Waals surface area contributed by atoms with E-state index in [9.17, 15) is 4.79 Å². The maximum absolute atomic E-state index is 11.3. The van der Waals surface area contributed by atoms with Gasteiger partial charge in [0.2, 0.25) is 0 Å². The number of hydrogen-bond donors (Lipinski definition) is 1.